The summed E-state index contributed by atoms with van der Waals surface area (Å²) < 4.78 is 4.73. The van der Waals surface area contributed by atoms with Crippen molar-refractivity contribution in [2.24, 2.45) is 0 Å². The predicted molar refractivity (Wildman–Crippen MR) is 59.5 cm³/mol. The van der Waals surface area contributed by atoms with Crippen molar-refractivity contribution in [3.8, 4) is 0 Å². The molecule has 0 radical (unpaired) electrons. The molecule has 2 N–H and O–H groups in total. The van der Waals surface area contributed by atoms with Gasteiger partial charge in [-0.15, -0.1) is 0 Å². The van der Waals surface area contributed by atoms with Crippen LogP contribution in [-0.4, -0.2) is 35.4 Å². The second-order valence-electron chi connectivity index (χ2n) is 3.46. The highest BCUT2D eigenvalue weighted by atomic mass is 16.5. The first-order valence-electron chi connectivity index (χ1n) is 5.16. The number of carboxylic acids is 1. The highest BCUT2D eigenvalue weighted by molar-refractivity contribution is 6.05. The monoisotopic (exact) mass is 238 g/mol. The normalized spacial score (nSPS) is 13.8. The molecule has 0 spiro atoms. The third-order valence-electron chi connectivity index (χ3n) is 2.49. The zero-order valence-corrected chi connectivity index (χ0v) is 9.42. The molecule has 1 unspecified atom stereocenters. The Bertz CT molecular complexity index is 401. The number of hydrogen-bond donors (Lipinski definition) is 2. The molecule has 1 rings (SSSR count). The van der Waals surface area contributed by atoms with Crippen LogP contribution < -0.4 is 0 Å². The molecular formula is C12H14O5. The maximum atomic E-state index is 11.8. The minimum absolute atomic E-state index is 0.0562. The molecule has 0 fully saturated rings. The maximum absolute atomic E-state index is 11.8. The van der Waals surface area contributed by atoms with Gasteiger partial charge in [-0.2, -0.15) is 0 Å². The van der Waals surface area contributed by atoms with Gasteiger partial charge in [0.25, 0.3) is 0 Å². The second kappa shape index (κ2) is 5.45. The van der Waals surface area contributed by atoms with Crippen molar-refractivity contribution in [2.45, 2.75) is 12.3 Å². The van der Waals surface area contributed by atoms with Gasteiger partial charge in [0.1, 0.15) is 0 Å². The number of aliphatic hydroxyl groups is 1. The number of esters is 1. The Labute approximate surface area is 98.6 Å². The van der Waals surface area contributed by atoms with E-state index in [1.807, 2.05) is 0 Å². The van der Waals surface area contributed by atoms with Crippen LogP contribution in [0.25, 0.3) is 0 Å². The highest BCUT2D eigenvalue weighted by Crippen LogP contribution is 2.26. The lowest BCUT2D eigenvalue weighted by molar-refractivity contribution is -0.163. The van der Waals surface area contributed by atoms with Crippen molar-refractivity contribution < 1.29 is 24.5 Å². The smallest absolute Gasteiger partial charge is 0.330 e. The summed E-state index contributed by atoms with van der Waals surface area (Å²) in [6.45, 7) is 0.790. The zero-order chi connectivity index (χ0) is 12.9. The summed E-state index contributed by atoms with van der Waals surface area (Å²) in [5.41, 5.74) is -1.84. The molecule has 0 aliphatic carbocycles. The van der Waals surface area contributed by atoms with E-state index in [4.69, 9.17) is 4.74 Å². The number of hydrogen-bond acceptors (Lipinski definition) is 4. The fourth-order valence-electron chi connectivity index (χ4n) is 1.53. The summed E-state index contributed by atoms with van der Waals surface area (Å²) in [6.07, 6.45) is 0. The standard InChI is InChI=1S/C12H14O5/c1-2-17-11(16)12(8-13,10(14)15)9-6-4-3-5-7-9/h3-7,13H,2,8H2,1H3,(H,14,15). The molecule has 0 aromatic heterocycles. The Morgan fingerprint density at radius 1 is 1.29 bits per heavy atom. The van der Waals surface area contributed by atoms with E-state index >= 15 is 0 Å². The number of carboxylic acid groups (broad SMARTS) is 1. The summed E-state index contributed by atoms with van der Waals surface area (Å²) in [7, 11) is 0. The number of rotatable bonds is 5. The molecule has 17 heavy (non-hydrogen) atoms. The SMILES string of the molecule is CCOC(=O)C(CO)(C(=O)O)c1ccccc1. The summed E-state index contributed by atoms with van der Waals surface area (Å²) in [5.74, 6) is -2.38. The topological polar surface area (TPSA) is 83.8 Å². The third kappa shape index (κ3) is 2.29. The first-order chi connectivity index (χ1) is 8.09. The highest BCUT2D eigenvalue weighted by Gasteiger charge is 2.49. The van der Waals surface area contributed by atoms with Crippen molar-refractivity contribution in [1.29, 1.82) is 0 Å². The quantitative estimate of drug-likeness (QED) is 0.578. The third-order valence-corrected chi connectivity index (χ3v) is 2.49. The molecule has 1 aromatic rings. The number of carbonyl (C=O) groups excluding carboxylic acids is 1. The van der Waals surface area contributed by atoms with Gasteiger partial charge in [-0.3, -0.25) is 9.59 Å². The van der Waals surface area contributed by atoms with Gasteiger partial charge in [0.2, 0.25) is 5.41 Å². The van der Waals surface area contributed by atoms with Crippen molar-refractivity contribution >= 4 is 11.9 Å². The van der Waals surface area contributed by atoms with Crippen LogP contribution in [0.2, 0.25) is 0 Å². The minimum atomic E-state index is -2.04. The van der Waals surface area contributed by atoms with Crippen molar-refractivity contribution in [2.75, 3.05) is 13.2 Å². The number of aliphatic carboxylic acids is 1. The molecule has 5 nitrogen and oxygen atoms in total. The van der Waals surface area contributed by atoms with Crippen LogP contribution in [0.1, 0.15) is 12.5 Å². The lowest BCUT2D eigenvalue weighted by atomic mass is 9.81. The Morgan fingerprint density at radius 3 is 2.29 bits per heavy atom. The fraction of sp³-hybridized carbons (Fsp3) is 0.333. The molecule has 0 heterocycles. The zero-order valence-electron chi connectivity index (χ0n) is 9.42. The Kier molecular flexibility index (Phi) is 4.23. The Balaban J connectivity index is 3.28. The number of benzene rings is 1. The van der Waals surface area contributed by atoms with Crippen molar-refractivity contribution in [3.05, 3.63) is 35.9 Å². The van der Waals surface area contributed by atoms with E-state index in [2.05, 4.69) is 0 Å². The molecule has 0 amide bonds. The van der Waals surface area contributed by atoms with E-state index in [0.717, 1.165) is 0 Å². The molecule has 0 bridgehead atoms. The van der Waals surface area contributed by atoms with Gasteiger partial charge in [-0.05, 0) is 12.5 Å². The molecule has 0 aliphatic rings. The van der Waals surface area contributed by atoms with Gasteiger partial charge in [0, 0.05) is 0 Å². The molecule has 0 aliphatic heterocycles. The second-order valence-corrected chi connectivity index (χ2v) is 3.46. The van der Waals surface area contributed by atoms with E-state index < -0.39 is 24.0 Å². The van der Waals surface area contributed by atoms with E-state index in [1.54, 1.807) is 25.1 Å². The summed E-state index contributed by atoms with van der Waals surface area (Å²) in [4.78, 5) is 23.1. The molecular weight excluding hydrogens is 224 g/mol. The van der Waals surface area contributed by atoms with Crippen LogP contribution in [0.4, 0.5) is 0 Å². The molecule has 5 heteroatoms. The average molecular weight is 238 g/mol. The fourth-order valence-corrected chi connectivity index (χ4v) is 1.53. The summed E-state index contributed by atoms with van der Waals surface area (Å²) in [5, 5.41) is 18.5. The average Bonchev–Trinajstić information content (AvgIpc) is 2.32. The lowest BCUT2D eigenvalue weighted by Crippen LogP contribution is -2.48. The molecule has 1 atom stereocenters. The first-order valence-corrected chi connectivity index (χ1v) is 5.16. The van der Waals surface area contributed by atoms with E-state index in [0.29, 0.717) is 0 Å². The van der Waals surface area contributed by atoms with Gasteiger partial charge < -0.3 is 14.9 Å². The number of ether oxygens (including phenoxy) is 1. The Hall–Kier alpha value is -1.88. The number of carbonyl (C=O) groups is 2. The van der Waals surface area contributed by atoms with Gasteiger partial charge in [0.15, 0.2) is 0 Å². The van der Waals surface area contributed by atoms with E-state index in [-0.39, 0.29) is 12.2 Å². The summed E-state index contributed by atoms with van der Waals surface area (Å²) in [6, 6.07) is 7.84. The van der Waals surface area contributed by atoms with Crippen LogP contribution in [0.3, 0.4) is 0 Å². The summed E-state index contributed by atoms with van der Waals surface area (Å²) >= 11 is 0. The molecule has 92 valence electrons. The van der Waals surface area contributed by atoms with E-state index in [1.165, 1.54) is 12.1 Å². The van der Waals surface area contributed by atoms with Crippen molar-refractivity contribution in [1.82, 2.24) is 0 Å². The van der Waals surface area contributed by atoms with Crippen molar-refractivity contribution in [3.63, 3.8) is 0 Å². The molecule has 0 saturated heterocycles. The van der Waals surface area contributed by atoms with Crippen LogP contribution in [0.5, 0.6) is 0 Å². The molecule has 0 saturated carbocycles. The van der Waals surface area contributed by atoms with Gasteiger partial charge in [-0.25, -0.2) is 0 Å². The first kappa shape index (κ1) is 13.2. The van der Waals surface area contributed by atoms with E-state index in [9.17, 15) is 19.8 Å². The largest absolute Gasteiger partial charge is 0.480 e. The van der Waals surface area contributed by atoms with Crippen LogP contribution >= 0.6 is 0 Å². The predicted octanol–water partition coefficient (Wildman–Crippen LogP) is 0.564. The van der Waals surface area contributed by atoms with Gasteiger partial charge >= 0.3 is 11.9 Å². The minimum Gasteiger partial charge on any atom is -0.480 e. The number of aliphatic hydroxyl groups excluding tert-OH is 1. The van der Waals surface area contributed by atoms with Crippen LogP contribution in [0, 0.1) is 0 Å². The maximum Gasteiger partial charge on any atom is 0.330 e. The molecule has 1 aromatic carbocycles. The van der Waals surface area contributed by atoms with Gasteiger partial charge in [-0.1, -0.05) is 30.3 Å². The lowest BCUT2D eigenvalue weighted by Gasteiger charge is -2.25. The van der Waals surface area contributed by atoms with Crippen LogP contribution in [0.15, 0.2) is 30.3 Å². The van der Waals surface area contributed by atoms with Gasteiger partial charge in [0.05, 0.1) is 13.2 Å². The van der Waals surface area contributed by atoms with Crippen LogP contribution in [-0.2, 0) is 19.7 Å². The Morgan fingerprint density at radius 2 is 1.88 bits per heavy atom.